The molecular formula is C19H23N3O. The minimum atomic E-state index is -0.184. The summed E-state index contributed by atoms with van der Waals surface area (Å²) in [7, 11) is 0. The Morgan fingerprint density at radius 3 is 2.39 bits per heavy atom. The van der Waals surface area contributed by atoms with Crippen LogP contribution in [0.2, 0.25) is 0 Å². The zero-order chi connectivity index (χ0) is 16.7. The number of rotatable bonds is 7. The van der Waals surface area contributed by atoms with Gasteiger partial charge in [0.15, 0.2) is 0 Å². The Bertz CT molecular complexity index is 655. The van der Waals surface area contributed by atoms with Crippen LogP contribution in [-0.2, 0) is 12.8 Å². The summed E-state index contributed by atoms with van der Waals surface area (Å²) < 4.78 is 0. The minimum Gasteiger partial charge on any atom is -0.380 e. The van der Waals surface area contributed by atoms with E-state index in [4.69, 9.17) is 0 Å². The van der Waals surface area contributed by atoms with Crippen LogP contribution in [-0.4, -0.2) is 17.4 Å². The second kappa shape index (κ2) is 8.13. The number of hydrogen-bond donors (Lipinski definition) is 2. The average molecular weight is 309 g/mol. The van der Waals surface area contributed by atoms with E-state index in [1.54, 1.807) is 18.3 Å². The maximum absolute atomic E-state index is 12.5. The normalized spacial score (nSPS) is 10.2. The van der Waals surface area contributed by atoms with Crippen molar-refractivity contribution < 1.29 is 4.79 Å². The molecule has 0 fully saturated rings. The van der Waals surface area contributed by atoms with E-state index in [0.717, 1.165) is 35.3 Å². The van der Waals surface area contributed by atoms with Crippen LogP contribution in [0.4, 0.5) is 11.4 Å². The number of hydrogen-bond acceptors (Lipinski definition) is 3. The molecule has 0 aliphatic heterocycles. The molecule has 2 N–H and O–H groups in total. The number of benzene rings is 1. The van der Waals surface area contributed by atoms with E-state index in [0.29, 0.717) is 12.2 Å². The van der Waals surface area contributed by atoms with E-state index in [2.05, 4.69) is 36.0 Å². The molecule has 120 valence electrons. The van der Waals surface area contributed by atoms with Crippen molar-refractivity contribution in [2.24, 2.45) is 0 Å². The monoisotopic (exact) mass is 309 g/mol. The Balaban J connectivity index is 2.17. The lowest BCUT2D eigenvalue weighted by Crippen LogP contribution is -2.16. The summed E-state index contributed by atoms with van der Waals surface area (Å²) in [6.07, 6.45) is 5.18. The van der Waals surface area contributed by atoms with Gasteiger partial charge in [0.1, 0.15) is 5.69 Å². The molecule has 4 nitrogen and oxygen atoms in total. The fourth-order valence-corrected chi connectivity index (χ4v) is 2.40. The van der Waals surface area contributed by atoms with Gasteiger partial charge in [0.2, 0.25) is 0 Å². The van der Waals surface area contributed by atoms with Gasteiger partial charge in [-0.1, -0.05) is 38.1 Å². The topological polar surface area (TPSA) is 54.0 Å². The lowest BCUT2D eigenvalue weighted by Gasteiger charge is -2.14. The highest BCUT2D eigenvalue weighted by Crippen LogP contribution is 2.23. The maximum Gasteiger partial charge on any atom is 0.274 e. The average Bonchev–Trinajstić information content (AvgIpc) is 2.60. The molecule has 0 aliphatic carbocycles. The highest BCUT2D eigenvalue weighted by Gasteiger charge is 2.12. The molecule has 1 amide bonds. The van der Waals surface area contributed by atoms with Crippen molar-refractivity contribution in [3.63, 3.8) is 0 Å². The number of nitrogens with one attached hydrogen (secondary N) is 2. The van der Waals surface area contributed by atoms with E-state index in [1.807, 2.05) is 24.3 Å². The van der Waals surface area contributed by atoms with E-state index in [-0.39, 0.29) is 5.91 Å². The van der Waals surface area contributed by atoms with Crippen LogP contribution < -0.4 is 10.6 Å². The van der Waals surface area contributed by atoms with Crippen molar-refractivity contribution in [3.8, 4) is 0 Å². The summed E-state index contributed by atoms with van der Waals surface area (Å²) in [4.78, 5) is 16.7. The van der Waals surface area contributed by atoms with E-state index in [9.17, 15) is 4.79 Å². The smallest absolute Gasteiger partial charge is 0.274 e. The molecule has 0 bridgehead atoms. The van der Waals surface area contributed by atoms with E-state index in [1.165, 1.54) is 0 Å². The molecule has 2 rings (SSSR count). The van der Waals surface area contributed by atoms with Crippen molar-refractivity contribution in [1.82, 2.24) is 4.98 Å². The third-order valence-corrected chi connectivity index (χ3v) is 3.68. The molecule has 0 atom stereocenters. The Kier molecular flexibility index (Phi) is 5.92. The van der Waals surface area contributed by atoms with Crippen molar-refractivity contribution in [2.45, 2.75) is 26.7 Å². The summed E-state index contributed by atoms with van der Waals surface area (Å²) in [5, 5.41) is 6.16. The number of carbonyl (C=O) groups excluding carboxylic acids is 1. The first kappa shape index (κ1) is 16.7. The van der Waals surface area contributed by atoms with Crippen molar-refractivity contribution in [2.75, 3.05) is 17.2 Å². The number of anilines is 2. The van der Waals surface area contributed by atoms with Crippen molar-refractivity contribution in [1.29, 1.82) is 0 Å². The number of amides is 1. The van der Waals surface area contributed by atoms with Gasteiger partial charge in [0.25, 0.3) is 5.91 Å². The van der Waals surface area contributed by atoms with E-state index >= 15 is 0 Å². The van der Waals surface area contributed by atoms with Gasteiger partial charge in [-0.25, -0.2) is 4.98 Å². The second-order valence-corrected chi connectivity index (χ2v) is 5.21. The van der Waals surface area contributed by atoms with Crippen LogP contribution in [0, 0.1) is 0 Å². The third kappa shape index (κ3) is 4.19. The molecule has 0 spiro atoms. The molecule has 1 aromatic heterocycles. The summed E-state index contributed by atoms with van der Waals surface area (Å²) >= 11 is 0. The Hall–Kier alpha value is -2.62. The summed E-state index contributed by atoms with van der Waals surface area (Å²) in [5.41, 5.74) is 4.47. The third-order valence-electron chi connectivity index (χ3n) is 3.68. The molecule has 23 heavy (non-hydrogen) atoms. The quantitative estimate of drug-likeness (QED) is 0.758. The Morgan fingerprint density at radius 1 is 1.17 bits per heavy atom. The zero-order valence-electron chi connectivity index (χ0n) is 13.7. The number of aromatic nitrogens is 1. The Morgan fingerprint density at radius 2 is 1.87 bits per heavy atom. The lowest BCUT2D eigenvalue weighted by molar-refractivity contribution is 0.102. The molecular weight excluding hydrogens is 286 g/mol. The molecule has 0 unspecified atom stereocenters. The predicted octanol–water partition coefficient (Wildman–Crippen LogP) is 4.06. The second-order valence-electron chi connectivity index (χ2n) is 5.21. The molecule has 0 radical (unpaired) electrons. The first-order valence-corrected chi connectivity index (χ1v) is 7.92. The van der Waals surface area contributed by atoms with Gasteiger partial charge < -0.3 is 10.6 Å². The molecule has 1 aromatic carbocycles. The fourth-order valence-electron chi connectivity index (χ4n) is 2.40. The largest absolute Gasteiger partial charge is 0.380 e. The number of carbonyl (C=O) groups is 1. The van der Waals surface area contributed by atoms with Gasteiger partial charge in [0, 0.05) is 12.2 Å². The summed E-state index contributed by atoms with van der Waals surface area (Å²) in [5.74, 6) is -0.184. The predicted molar refractivity (Wildman–Crippen MR) is 96.1 cm³/mol. The van der Waals surface area contributed by atoms with Crippen LogP contribution in [0.15, 0.2) is 49.2 Å². The number of para-hydroxylation sites is 1. The first-order chi connectivity index (χ1) is 11.2. The fraction of sp³-hybridized carbons (Fsp3) is 0.263. The molecule has 1 heterocycles. The van der Waals surface area contributed by atoms with Crippen molar-refractivity contribution in [3.05, 3.63) is 66.0 Å². The molecule has 2 aromatic rings. The maximum atomic E-state index is 12.5. The van der Waals surface area contributed by atoms with Gasteiger partial charge in [-0.05, 0) is 36.1 Å². The van der Waals surface area contributed by atoms with Gasteiger partial charge in [-0.3, -0.25) is 4.79 Å². The minimum absolute atomic E-state index is 0.184. The summed E-state index contributed by atoms with van der Waals surface area (Å²) in [6, 6.07) is 9.69. The number of aryl methyl sites for hydroxylation is 2. The summed E-state index contributed by atoms with van der Waals surface area (Å²) in [6.45, 7) is 8.49. The van der Waals surface area contributed by atoms with Crippen LogP contribution in [0.1, 0.15) is 35.5 Å². The highest BCUT2D eigenvalue weighted by atomic mass is 16.1. The van der Waals surface area contributed by atoms with Gasteiger partial charge in [0.05, 0.1) is 11.9 Å². The highest BCUT2D eigenvalue weighted by molar-refractivity contribution is 6.03. The zero-order valence-corrected chi connectivity index (χ0v) is 13.7. The standard InChI is InChI=1S/C19H23N3O/c1-4-12-20-16-10-11-17(21-13-16)19(23)22-18-14(5-2)8-7-9-15(18)6-3/h4,7-11,13,20H,1,5-6,12H2,2-3H3,(H,22,23). The van der Waals surface area contributed by atoms with Crippen LogP contribution in [0.3, 0.4) is 0 Å². The van der Waals surface area contributed by atoms with Gasteiger partial charge in [-0.15, -0.1) is 6.58 Å². The number of pyridine rings is 1. The molecule has 0 saturated heterocycles. The van der Waals surface area contributed by atoms with Crippen LogP contribution in [0.5, 0.6) is 0 Å². The lowest BCUT2D eigenvalue weighted by atomic mass is 10.0. The number of nitrogens with zero attached hydrogens (tertiary/aromatic N) is 1. The first-order valence-electron chi connectivity index (χ1n) is 7.92. The van der Waals surface area contributed by atoms with Crippen LogP contribution >= 0.6 is 0 Å². The van der Waals surface area contributed by atoms with Crippen LogP contribution in [0.25, 0.3) is 0 Å². The van der Waals surface area contributed by atoms with Gasteiger partial charge >= 0.3 is 0 Å². The molecule has 4 heteroatoms. The Labute approximate surface area is 137 Å². The molecule has 0 aliphatic rings. The van der Waals surface area contributed by atoms with Crippen molar-refractivity contribution >= 4 is 17.3 Å². The van der Waals surface area contributed by atoms with Gasteiger partial charge in [-0.2, -0.15) is 0 Å². The SMILES string of the molecule is C=CCNc1ccc(C(=O)Nc2c(CC)cccc2CC)nc1. The molecule has 0 saturated carbocycles. The van der Waals surface area contributed by atoms with E-state index < -0.39 is 0 Å².